The predicted molar refractivity (Wildman–Crippen MR) is 77.9 cm³/mol. The first-order chi connectivity index (χ1) is 10.1. The Morgan fingerprint density at radius 3 is 2.86 bits per heavy atom. The Labute approximate surface area is 121 Å². The zero-order valence-corrected chi connectivity index (χ0v) is 11.4. The van der Waals surface area contributed by atoms with Gasteiger partial charge in [0.2, 0.25) is 0 Å². The van der Waals surface area contributed by atoms with E-state index < -0.39 is 5.82 Å². The quantitative estimate of drug-likeness (QED) is 0.829. The third-order valence-corrected chi connectivity index (χ3v) is 2.69. The molecule has 0 aliphatic carbocycles. The normalized spacial score (nSPS) is 10.0. The van der Waals surface area contributed by atoms with Crippen LogP contribution in [0.1, 0.15) is 0 Å². The number of methoxy groups -OCH3 is 1. The van der Waals surface area contributed by atoms with Gasteiger partial charge in [-0.1, -0.05) is 6.07 Å². The third kappa shape index (κ3) is 4.10. The largest absolute Gasteiger partial charge is 0.497 e. The molecule has 0 atom stereocenters. The lowest BCUT2D eigenvalue weighted by Gasteiger charge is -2.10. The highest BCUT2D eigenvalue weighted by molar-refractivity contribution is 5.92. The molecule has 0 aliphatic rings. The molecule has 0 fully saturated rings. The lowest BCUT2D eigenvalue weighted by atomic mass is 10.3. The van der Waals surface area contributed by atoms with Gasteiger partial charge in [-0.15, -0.1) is 0 Å². The van der Waals surface area contributed by atoms with Gasteiger partial charge in [0.1, 0.15) is 17.3 Å². The molecule has 2 rings (SSSR count). The van der Waals surface area contributed by atoms with E-state index in [1.165, 1.54) is 19.2 Å². The van der Waals surface area contributed by atoms with E-state index in [4.69, 9.17) is 15.2 Å². The molecule has 2 aromatic carbocycles. The minimum absolute atomic E-state index is 0.135. The molecule has 5 nitrogen and oxygen atoms in total. The minimum atomic E-state index is -0.479. The fourth-order valence-corrected chi connectivity index (χ4v) is 1.67. The van der Waals surface area contributed by atoms with E-state index in [0.717, 1.165) is 6.07 Å². The fraction of sp³-hybridized carbons (Fsp3) is 0.133. The fourth-order valence-electron chi connectivity index (χ4n) is 1.67. The zero-order chi connectivity index (χ0) is 15.2. The van der Waals surface area contributed by atoms with Crippen LogP contribution in [0, 0.1) is 5.82 Å². The van der Waals surface area contributed by atoms with Crippen LogP contribution < -0.4 is 20.5 Å². The molecule has 1 amide bonds. The number of hydrogen-bond acceptors (Lipinski definition) is 4. The number of anilines is 2. The molecule has 0 heterocycles. The molecule has 0 radical (unpaired) electrons. The lowest BCUT2D eigenvalue weighted by Crippen LogP contribution is -2.20. The second-order valence-electron chi connectivity index (χ2n) is 4.25. The second-order valence-corrected chi connectivity index (χ2v) is 4.25. The number of hydrogen-bond donors (Lipinski definition) is 2. The van der Waals surface area contributed by atoms with E-state index in [1.54, 1.807) is 24.3 Å². The summed E-state index contributed by atoms with van der Waals surface area (Å²) < 4.78 is 23.3. The van der Waals surface area contributed by atoms with Gasteiger partial charge in [-0.05, 0) is 24.3 Å². The molecule has 21 heavy (non-hydrogen) atoms. The van der Waals surface area contributed by atoms with Crippen molar-refractivity contribution in [1.29, 1.82) is 0 Å². The Bertz CT molecular complexity index is 647. The van der Waals surface area contributed by atoms with E-state index in [0.29, 0.717) is 11.4 Å². The first-order valence-corrected chi connectivity index (χ1v) is 6.20. The Hall–Kier alpha value is -2.76. The van der Waals surface area contributed by atoms with Crippen molar-refractivity contribution < 1.29 is 18.7 Å². The monoisotopic (exact) mass is 290 g/mol. The molecule has 3 N–H and O–H groups in total. The van der Waals surface area contributed by atoms with E-state index in [1.807, 2.05) is 0 Å². The Morgan fingerprint density at radius 1 is 1.29 bits per heavy atom. The van der Waals surface area contributed by atoms with Gasteiger partial charge in [-0.2, -0.15) is 0 Å². The number of nitrogens with two attached hydrogens (primary N) is 1. The van der Waals surface area contributed by atoms with Gasteiger partial charge in [-0.25, -0.2) is 4.39 Å². The number of carbonyl (C=O) groups is 1. The molecule has 0 aromatic heterocycles. The number of carbonyl (C=O) groups excluding carboxylic acids is 1. The first-order valence-electron chi connectivity index (χ1n) is 6.20. The van der Waals surface area contributed by atoms with Crippen LogP contribution in [0.15, 0.2) is 42.5 Å². The topological polar surface area (TPSA) is 73.6 Å². The van der Waals surface area contributed by atoms with Crippen molar-refractivity contribution in [3.8, 4) is 11.5 Å². The van der Waals surface area contributed by atoms with Crippen molar-refractivity contribution in [3.63, 3.8) is 0 Å². The first kappa shape index (κ1) is 14.6. The molecule has 0 saturated heterocycles. The highest BCUT2D eigenvalue weighted by Crippen LogP contribution is 2.22. The van der Waals surface area contributed by atoms with Crippen molar-refractivity contribution in [2.75, 3.05) is 24.8 Å². The van der Waals surface area contributed by atoms with Crippen molar-refractivity contribution in [2.45, 2.75) is 0 Å². The Morgan fingerprint density at radius 2 is 2.10 bits per heavy atom. The molecule has 0 saturated carbocycles. The number of nitrogen functional groups attached to an aromatic ring is 1. The predicted octanol–water partition coefficient (Wildman–Crippen LogP) is 2.43. The van der Waals surface area contributed by atoms with E-state index >= 15 is 0 Å². The SMILES string of the molecule is COc1cccc(NC(=O)COc2cc(F)ccc2N)c1. The van der Waals surface area contributed by atoms with Crippen LogP contribution in [-0.4, -0.2) is 19.6 Å². The molecule has 0 spiro atoms. The number of benzene rings is 2. The summed E-state index contributed by atoms with van der Waals surface area (Å²) in [6.45, 7) is -0.273. The maximum atomic E-state index is 13.1. The number of halogens is 1. The molecule has 110 valence electrons. The molecular formula is C15H15FN2O3. The van der Waals surface area contributed by atoms with Gasteiger partial charge in [0.05, 0.1) is 12.8 Å². The van der Waals surface area contributed by atoms with Gasteiger partial charge in [0.25, 0.3) is 5.91 Å². The molecule has 0 unspecified atom stereocenters. The molecule has 0 aliphatic heterocycles. The average Bonchev–Trinajstić information content (AvgIpc) is 2.48. The summed E-state index contributed by atoms with van der Waals surface area (Å²) in [7, 11) is 1.54. The van der Waals surface area contributed by atoms with Gasteiger partial charge in [0.15, 0.2) is 6.61 Å². The lowest BCUT2D eigenvalue weighted by molar-refractivity contribution is -0.118. The Balaban J connectivity index is 1.94. The number of nitrogens with one attached hydrogen (secondary N) is 1. The zero-order valence-electron chi connectivity index (χ0n) is 11.4. The average molecular weight is 290 g/mol. The van der Waals surface area contributed by atoms with Crippen molar-refractivity contribution in [2.24, 2.45) is 0 Å². The van der Waals surface area contributed by atoms with E-state index in [-0.39, 0.29) is 24.0 Å². The van der Waals surface area contributed by atoms with Crippen molar-refractivity contribution in [3.05, 3.63) is 48.3 Å². The smallest absolute Gasteiger partial charge is 0.262 e. The maximum Gasteiger partial charge on any atom is 0.262 e. The molecule has 0 bridgehead atoms. The summed E-state index contributed by atoms with van der Waals surface area (Å²) in [5, 5.41) is 2.64. The van der Waals surface area contributed by atoms with E-state index in [2.05, 4.69) is 5.32 Å². The van der Waals surface area contributed by atoms with Crippen LogP contribution in [0.5, 0.6) is 11.5 Å². The van der Waals surface area contributed by atoms with Crippen LogP contribution >= 0.6 is 0 Å². The summed E-state index contributed by atoms with van der Waals surface area (Å²) in [4.78, 5) is 11.8. The van der Waals surface area contributed by atoms with Crippen LogP contribution in [0.2, 0.25) is 0 Å². The van der Waals surface area contributed by atoms with Crippen molar-refractivity contribution in [1.82, 2.24) is 0 Å². The standard InChI is InChI=1S/C15H15FN2O3/c1-20-12-4-2-3-11(8-12)18-15(19)9-21-14-7-10(16)5-6-13(14)17/h2-8H,9,17H2,1H3,(H,18,19). The summed E-state index contributed by atoms with van der Waals surface area (Å²) in [6, 6.07) is 10.6. The Kier molecular flexibility index (Phi) is 4.61. The maximum absolute atomic E-state index is 13.1. The summed E-state index contributed by atoms with van der Waals surface area (Å²) in [5.41, 5.74) is 6.47. The minimum Gasteiger partial charge on any atom is -0.497 e. The highest BCUT2D eigenvalue weighted by Gasteiger charge is 2.07. The molecule has 6 heteroatoms. The molecule has 2 aromatic rings. The number of rotatable bonds is 5. The van der Waals surface area contributed by atoms with Crippen LogP contribution in [0.25, 0.3) is 0 Å². The molecular weight excluding hydrogens is 275 g/mol. The van der Waals surface area contributed by atoms with Crippen LogP contribution in [0.3, 0.4) is 0 Å². The van der Waals surface area contributed by atoms with Gasteiger partial charge in [-0.3, -0.25) is 4.79 Å². The van der Waals surface area contributed by atoms with Gasteiger partial charge < -0.3 is 20.5 Å². The van der Waals surface area contributed by atoms with Crippen LogP contribution in [-0.2, 0) is 4.79 Å². The summed E-state index contributed by atoms with van der Waals surface area (Å²) >= 11 is 0. The van der Waals surface area contributed by atoms with E-state index in [9.17, 15) is 9.18 Å². The van der Waals surface area contributed by atoms with Gasteiger partial charge >= 0.3 is 0 Å². The van der Waals surface area contributed by atoms with Crippen LogP contribution in [0.4, 0.5) is 15.8 Å². The van der Waals surface area contributed by atoms with Gasteiger partial charge in [0, 0.05) is 17.8 Å². The second kappa shape index (κ2) is 6.60. The highest BCUT2D eigenvalue weighted by atomic mass is 19.1. The summed E-state index contributed by atoms with van der Waals surface area (Å²) in [5.74, 6) is -0.0989. The number of ether oxygens (including phenoxy) is 2. The third-order valence-electron chi connectivity index (χ3n) is 2.69. The number of amides is 1. The summed E-state index contributed by atoms with van der Waals surface area (Å²) in [6.07, 6.45) is 0. The van der Waals surface area contributed by atoms with Crippen molar-refractivity contribution >= 4 is 17.3 Å².